The highest BCUT2D eigenvalue weighted by Crippen LogP contribution is 2.37. The predicted octanol–water partition coefficient (Wildman–Crippen LogP) is 4.80. The summed E-state index contributed by atoms with van der Waals surface area (Å²) in [6.07, 6.45) is 2.41. The van der Waals surface area contributed by atoms with Gasteiger partial charge < -0.3 is 9.47 Å². The fourth-order valence-corrected chi connectivity index (χ4v) is 3.77. The molecule has 0 aromatic heterocycles. The van der Waals surface area contributed by atoms with E-state index in [1.165, 1.54) is 24.0 Å². The van der Waals surface area contributed by atoms with Crippen LogP contribution in [0.4, 0.5) is 0 Å². The Morgan fingerprint density at radius 3 is 2.65 bits per heavy atom. The van der Waals surface area contributed by atoms with Crippen molar-refractivity contribution in [2.75, 3.05) is 20.8 Å². The topological polar surface area (TPSA) is 21.7 Å². The van der Waals surface area contributed by atoms with Crippen molar-refractivity contribution < 1.29 is 9.47 Å². The second-order valence-electron chi connectivity index (χ2n) is 5.87. The first-order chi connectivity index (χ1) is 11.2. The molecule has 1 atom stereocenters. The molecule has 3 nitrogen and oxygen atoms in total. The van der Waals surface area contributed by atoms with Gasteiger partial charge in [0.25, 0.3) is 0 Å². The standard InChI is InChI=1S/C19H22BrNO2/c1-22-18-9-8-15(12-19(18)23-2)17-7-4-10-21(17)13-14-5-3-6-16(20)11-14/h3,5-6,8-9,11-12,17H,4,7,10,13H2,1-2H3/t17-/m1/s1. The van der Waals surface area contributed by atoms with Crippen molar-refractivity contribution in [1.82, 2.24) is 4.90 Å². The highest BCUT2D eigenvalue weighted by atomic mass is 79.9. The molecule has 0 aliphatic carbocycles. The van der Waals surface area contributed by atoms with Crippen LogP contribution in [0.1, 0.15) is 30.0 Å². The maximum Gasteiger partial charge on any atom is 0.161 e. The van der Waals surface area contributed by atoms with Crippen LogP contribution in [-0.2, 0) is 6.54 Å². The van der Waals surface area contributed by atoms with E-state index in [1.807, 2.05) is 6.07 Å². The number of ether oxygens (including phenoxy) is 2. The largest absolute Gasteiger partial charge is 0.493 e. The molecule has 1 aliphatic rings. The first kappa shape index (κ1) is 16.3. The molecule has 23 heavy (non-hydrogen) atoms. The Labute approximate surface area is 146 Å². The summed E-state index contributed by atoms with van der Waals surface area (Å²) < 4.78 is 11.9. The number of halogens is 1. The maximum atomic E-state index is 5.46. The van der Waals surface area contributed by atoms with E-state index < -0.39 is 0 Å². The normalized spacial score (nSPS) is 18.1. The maximum absolute atomic E-state index is 5.46. The van der Waals surface area contributed by atoms with Crippen LogP contribution in [0.2, 0.25) is 0 Å². The minimum Gasteiger partial charge on any atom is -0.493 e. The number of hydrogen-bond donors (Lipinski definition) is 0. The summed E-state index contributed by atoms with van der Waals surface area (Å²) in [6.45, 7) is 2.10. The van der Waals surface area contributed by atoms with E-state index >= 15 is 0 Å². The van der Waals surface area contributed by atoms with Gasteiger partial charge in [-0.1, -0.05) is 34.1 Å². The van der Waals surface area contributed by atoms with Crippen LogP contribution >= 0.6 is 15.9 Å². The molecule has 0 radical (unpaired) electrons. The van der Waals surface area contributed by atoms with Gasteiger partial charge in [-0.05, 0) is 54.8 Å². The molecule has 0 saturated carbocycles. The van der Waals surface area contributed by atoms with Crippen LogP contribution in [0.3, 0.4) is 0 Å². The Morgan fingerprint density at radius 1 is 1.09 bits per heavy atom. The van der Waals surface area contributed by atoms with Crippen molar-refractivity contribution in [1.29, 1.82) is 0 Å². The number of rotatable bonds is 5. The zero-order valence-electron chi connectivity index (χ0n) is 13.6. The Hall–Kier alpha value is -1.52. The molecule has 2 aromatic rings. The second-order valence-corrected chi connectivity index (χ2v) is 6.79. The summed E-state index contributed by atoms with van der Waals surface area (Å²) in [5.41, 5.74) is 2.64. The minimum absolute atomic E-state index is 0.439. The van der Waals surface area contributed by atoms with Crippen molar-refractivity contribution in [3.63, 3.8) is 0 Å². The Balaban J connectivity index is 1.81. The molecule has 1 fully saturated rings. The number of likely N-dealkylation sites (tertiary alicyclic amines) is 1. The predicted molar refractivity (Wildman–Crippen MR) is 96.1 cm³/mol. The Bertz CT molecular complexity index is 674. The lowest BCUT2D eigenvalue weighted by atomic mass is 10.0. The van der Waals surface area contributed by atoms with Crippen molar-refractivity contribution in [2.24, 2.45) is 0 Å². The van der Waals surface area contributed by atoms with E-state index in [0.29, 0.717) is 6.04 Å². The first-order valence-electron chi connectivity index (χ1n) is 7.91. The lowest BCUT2D eigenvalue weighted by molar-refractivity contribution is 0.247. The summed E-state index contributed by atoms with van der Waals surface area (Å²) in [7, 11) is 3.36. The van der Waals surface area contributed by atoms with Gasteiger partial charge in [0.2, 0.25) is 0 Å². The number of nitrogens with zero attached hydrogens (tertiary/aromatic N) is 1. The number of hydrogen-bond acceptors (Lipinski definition) is 3. The molecule has 0 spiro atoms. The van der Waals surface area contributed by atoms with E-state index in [4.69, 9.17) is 9.47 Å². The quantitative estimate of drug-likeness (QED) is 0.748. The van der Waals surface area contributed by atoms with Crippen molar-refractivity contribution in [3.8, 4) is 11.5 Å². The van der Waals surface area contributed by atoms with Gasteiger partial charge in [0.1, 0.15) is 0 Å². The molecule has 0 N–H and O–H groups in total. The smallest absolute Gasteiger partial charge is 0.161 e. The van der Waals surface area contributed by atoms with Crippen LogP contribution in [0.5, 0.6) is 11.5 Å². The Morgan fingerprint density at radius 2 is 1.91 bits per heavy atom. The highest BCUT2D eigenvalue weighted by Gasteiger charge is 2.26. The third-order valence-corrected chi connectivity index (χ3v) is 4.92. The van der Waals surface area contributed by atoms with Gasteiger partial charge in [-0.25, -0.2) is 0 Å². The van der Waals surface area contributed by atoms with E-state index in [0.717, 1.165) is 29.1 Å². The fraction of sp³-hybridized carbons (Fsp3) is 0.368. The van der Waals surface area contributed by atoms with Crippen molar-refractivity contribution >= 4 is 15.9 Å². The SMILES string of the molecule is COc1ccc([C@H]2CCCN2Cc2cccc(Br)c2)cc1OC. The lowest BCUT2D eigenvalue weighted by Gasteiger charge is -2.25. The molecule has 122 valence electrons. The third-order valence-electron chi connectivity index (χ3n) is 4.43. The zero-order valence-corrected chi connectivity index (χ0v) is 15.2. The molecule has 0 unspecified atom stereocenters. The van der Waals surface area contributed by atoms with Gasteiger partial charge in [-0.3, -0.25) is 4.90 Å². The van der Waals surface area contributed by atoms with Crippen LogP contribution in [-0.4, -0.2) is 25.7 Å². The van der Waals surface area contributed by atoms with Gasteiger partial charge in [0.05, 0.1) is 14.2 Å². The molecular formula is C19H22BrNO2. The first-order valence-corrected chi connectivity index (χ1v) is 8.71. The summed E-state index contributed by atoms with van der Waals surface area (Å²) in [6, 6.07) is 15.3. The van der Waals surface area contributed by atoms with Gasteiger partial charge in [-0.2, -0.15) is 0 Å². The molecule has 1 saturated heterocycles. The minimum atomic E-state index is 0.439. The van der Waals surface area contributed by atoms with E-state index in [1.54, 1.807) is 14.2 Å². The molecule has 0 amide bonds. The van der Waals surface area contributed by atoms with E-state index in [9.17, 15) is 0 Å². The van der Waals surface area contributed by atoms with Crippen molar-refractivity contribution in [3.05, 3.63) is 58.1 Å². The lowest BCUT2D eigenvalue weighted by Crippen LogP contribution is -2.22. The average Bonchev–Trinajstić information content (AvgIpc) is 3.02. The molecule has 0 bridgehead atoms. The molecule has 3 rings (SSSR count). The average molecular weight is 376 g/mol. The number of methoxy groups -OCH3 is 2. The molecule has 1 aliphatic heterocycles. The van der Waals surface area contributed by atoms with Gasteiger partial charge in [0, 0.05) is 17.1 Å². The molecule has 2 aromatic carbocycles. The van der Waals surface area contributed by atoms with Crippen LogP contribution < -0.4 is 9.47 Å². The molecular weight excluding hydrogens is 354 g/mol. The molecule has 1 heterocycles. The summed E-state index contributed by atoms with van der Waals surface area (Å²) in [5, 5.41) is 0. The Kier molecular flexibility index (Phi) is 5.23. The van der Waals surface area contributed by atoms with Gasteiger partial charge >= 0.3 is 0 Å². The zero-order chi connectivity index (χ0) is 16.2. The fourth-order valence-electron chi connectivity index (χ4n) is 3.32. The highest BCUT2D eigenvalue weighted by molar-refractivity contribution is 9.10. The summed E-state index contributed by atoms with van der Waals surface area (Å²) in [5.74, 6) is 1.59. The van der Waals surface area contributed by atoms with Crippen LogP contribution in [0.25, 0.3) is 0 Å². The van der Waals surface area contributed by atoms with Crippen molar-refractivity contribution in [2.45, 2.75) is 25.4 Å². The summed E-state index contributed by atoms with van der Waals surface area (Å²) >= 11 is 3.56. The second kappa shape index (κ2) is 7.37. The van der Waals surface area contributed by atoms with E-state index in [2.05, 4.69) is 57.2 Å². The molecule has 4 heteroatoms. The van der Waals surface area contributed by atoms with Crippen LogP contribution in [0, 0.1) is 0 Å². The van der Waals surface area contributed by atoms with Gasteiger partial charge in [0.15, 0.2) is 11.5 Å². The summed E-state index contributed by atoms with van der Waals surface area (Å²) in [4.78, 5) is 2.54. The van der Waals surface area contributed by atoms with Crippen LogP contribution in [0.15, 0.2) is 46.9 Å². The van der Waals surface area contributed by atoms with E-state index in [-0.39, 0.29) is 0 Å². The third kappa shape index (κ3) is 3.70. The number of benzene rings is 2. The van der Waals surface area contributed by atoms with Gasteiger partial charge in [-0.15, -0.1) is 0 Å². The monoisotopic (exact) mass is 375 g/mol.